The summed E-state index contributed by atoms with van der Waals surface area (Å²) in [6.45, 7) is 6.87. The number of carbonyl (C=O) groups excluding carboxylic acids is 1. The van der Waals surface area contributed by atoms with Crippen molar-refractivity contribution < 1.29 is 14.3 Å². The molecule has 2 fully saturated rings. The predicted molar refractivity (Wildman–Crippen MR) is 118 cm³/mol. The molecule has 0 atom stereocenters. The number of hydrogen-bond acceptors (Lipinski definition) is 7. The fourth-order valence-corrected chi connectivity index (χ4v) is 4.04. The normalized spacial score (nSPS) is 18.0. The summed E-state index contributed by atoms with van der Waals surface area (Å²) < 4.78 is 11.3. The van der Waals surface area contributed by atoms with Crippen LogP contribution in [0, 0.1) is 5.92 Å². The molecule has 1 amide bonds. The van der Waals surface area contributed by atoms with Crippen molar-refractivity contribution in [1.29, 1.82) is 0 Å². The molecule has 2 saturated heterocycles. The lowest BCUT2D eigenvalue weighted by atomic mass is 9.96. The molecule has 0 unspecified atom stereocenters. The van der Waals surface area contributed by atoms with Crippen molar-refractivity contribution in [2.24, 2.45) is 5.92 Å². The van der Waals surface area contributed by atoms with E-state index >= 15 is 0 Å². The third-order valence-electron chi connectivity index (χ3n) is 5.82. The molecule has 0 bridgehead atoms. The number of ether oxygens (including phenoxy) is 2. The first kappa shape index (κ1) is 21.5. The van der Waals surface area contributed by atoms with E-state index < -0.39 is 0 Å². The monoisotopic (exact) mass is 425 g/mol. The topological polar surface area (TPSA) is 79.8 Å². The van der Waals surface area contributed by atoms with Crippen LogP contribution in [-0.2, 0) is 9.53 Å². The van der Waals surface area contributed by atoms with Crippen molar-refractivity contribution in [3.05, 3.63) is 42.7 Å². The predicted octanol–water partition coefficient (Wildman–Crippen LogP) is 2.32. The van der Waals surface area contributed by atoms with Gasteiger partial charge < -0.3 is 19.7 Å². The zero-order chi connectivity index (χ0) is 21.3. The summed E-state index contributed by atoms with van der Waals surface area (Å²) in [7, 11) is 0. The van der Waals surface area contributed by atoms with Gasteiger partial charge in [0.2, 0.25) is 5.91 Å². The van der Waals surface area contributed by atoms with E-state index in [9.17, 15) is 4.79 Å². The van der Waals surface area contributed by atoms with Crippen LogP contribution in [0.3, 0.4) is 0 Å². The number of rotatable bonds is 8. The van der Waals surface area contributed by atoms with Gasteiger partial charge in [-0.25, -0.2) is 9.97 Å². The van der Waals surface area contributed by atoms with Crippen LogP contribution in [0.5, 0.6) is 11.6 Å². The Labute approximate surface area is 183 Å². The highest BCUT2D eigenvalue weighted by atomic mass is 16.5. The highest BCUT2D eigenvalue weighted by Gasteiger charge is 2.27. The van der Waals surface area contributed by atoms with Crippen LogP contribution in [0.25, 0.3) is 0 Å². The van der Waals surface area contributed by atoms with Crippen molar-refractivity contribution in [2.75, 3.05) is 57.4 Å². The number of benzene rings is 1. The molecule has 2 aliphatic heterocycles. The van der Waals surface area contributed by atoms with Crippen LogP contribution in [0.1, 0.15) is 19.3 Å². The molecule has 8 heteroatoms. The summed E-state index contributed by atoms with van der Waals surface area (Å²) in [6, 6.07) is 9.60. The maximum absolute atomic E-state index is 12.6. The zero-order valence-corrected chi connectivity index (χ0v) is 17.9. The number of morpholine rings is 1. The number of nitrogens with zero attached hydrogens (tertiary/aromatic N) is 4. The van der Waals surface area contributed by atoms with Crippen molar-refractivity contribution >= 4 is 11.7 Å². The van der Waals surface area contributed by atoms with Crippen LogP contribution in [-0.4, -0.2) is 73.3 Å². The number of nitrogens with one attached hydrogen (secondary N) is 1. The van der Waals surface area contributed by atoms with E-state index in [4.69, 9.17) is 9.47 Å². The Bertz CT molecular complexity index is 821. The lowest BCUT2D eigenvalue weighted by Gasteiger charge is -2.32. The average Bonchev–Trinajstić information content (AvgIpc) is 2.83. The maximum Gasteiger partial charge on any atom is 0.263 e. The second-order valence-corrected chi connectivity index (χ2v) is 7.96. The number of amides is 1. The van der Waals surface area contributed by atoms with Crippen LogP contribution < -0.4 is 15.0 Å². The molecule has 0 radical (unpaired) electrons. The average molecular weight is 426 g/mol. The van der Waals surface area contributed by atoms with E-state index in [2.05, 4.69) is 25.1 Å². The maximum atomic E-state index is 12.6. The van der Waals surface area contributed by atoms with Crippen molar-refractivity contribution in [2.45, 2.75) is 19.3 Å². The zero-order valence-electron chi connectivity index (χ0n) is 17.9. The van der Waals surface area contributed by atoms with Crippen molar-refractivity contribution in [3.8, 4) is 11.6 Å². The lowest BCUT2D eigenvalue weighted by Crippen LogP contribution is -2.42. The smallest absolute Gasteiger partial charge is 0.263 e. The van der Waals surface area contributed by atoms with Crippen LogP contribution in [0.15, 0.2) is 42.7 Å². The third kappa shape index (κ3) is 6.15. The summed E-state index contributed by atoms with van der Waals surface area (Å²) >= 11 is 0. The Morgan fingerprint density at radius 3 is 2.58 bits per heavy atom. The summed E-state index contributed by atoms with van der Waals surface area (Å²) in [5.74, 6) is 2.18. The van der Waals surface area contributed by atoms with Gasteiger partial charge in [-0.2, -0.15) is 0 Å². The fraction of sp³-hybridized carbons (Fsp3) is 0.522. The van der Waals surface area contributed by atoms with Gasteiger partial charge in [-0.3, -0.25) is 9.69 Å². The highest BCUT2D eigenvalue weighted by Crippen LogP contribution is 2.30. The van der Waals surface area contributed by atoms with Crippen LogP contribution >= 0.6 is 0 Å². The van der Waals surface area contributed by atoms with Gasteiger partial charge in [0, 0.05) is 51.0 Å². The van der Waals surface area contributed by atoms with E-state index in [0.29, 0.717) is 5.88 Å². The molecule has 2 aliphatic rings. The van der Waals surface area contributed by atoms with E-state index in [-0.39, 0.29) is 11.8 Å². The van der Waals surface area contributed by atoms with Gasteiger partial charge in [0.05, 0.1) is 13.2 Å². The summed E-state index contributed by atoms with van der Waals surface area (Å²) in [4.78, 5) is 26.0. The molecule has 0 saturated carbocycles. The minimum Gasteiger partial charge on any atom is -0.436 e. The Morgan fingerprint density at radius 1 is 1.06 bits per heavy atom. The van der Waals surface area contributed by atoms with E-state index in [1.54, 1.807) is 12.4 Å². The largest absolute Gasteiger partial charge is 0.436 e. The number of hydrogen-bond donors (Lipinski definition) is 1. The molecule has 8 nitrogen and oxygen atoms in total. The molecule has 31 heavy (non-hydrogen) atoms. The Morgan fingerprint density at radius 2 is 1.81 bits per heavy atom. The number of anilines is 1. The van der Waals surface area contributed by atoms with Gasteiger partial charge >= 0.3 is 0 Å². The van der Waals surface area contributed by atoms with Gasteiger partial charge in [-0.05, 0) is 37.9 Å². The van der Waals surface area contributed by atoms with Gasteiger partial charge in [-0.1, -0.05) is 18.2 Å². The van der Waals surface area contributed by atoms with Crippen LogP contribution in [0.4, 0.5) is 5.82 Å². The number of piperidine rings is 1. The molecule has 1 aromatic carbocycles. The second-order valence-electron chi connectivity index (χ2n) is 7.96. The Balaban J connectivity index is 1.23. The first-order valence-corrected chi connectivity index (χ1v) is 11.2. The molecule has 1 N–H and O–H groups in total. The minimum atomic E-state index is 0.0507. The molecule has 0 aliphatic carbocycles. The summed E-state index contributed by atoms with van der Waals surface area (Å²) in [5.41, 5.74) is 0. The van der Waals surface area contributed by atoms with Gasteiger partial charge in [0.15, 0.2) is 5.82 Å². The summed E-state index contributed by atoms with van der Waals surface area (Å²) in [6.07, 6.45) is 5.90. The molecular formula is C23H31N5O3. The molecular weight excluding hydrogens is 394 g/mol. The number of carbonyl (C=O) groups is 1. The van der Waals surface area contributed by atoms with E-state index in [0.717, 1.165) is 83.3 Å². The fourth-order valence-electron chi connectivity index (χ4n) is 4.04. The van der Waals surface area contributed by atoms with Crippen LogP contribution in [0.2, 0.25) is 0 Å². The quantitative estimate of drug-likeness (QED) is 0.650. The molecule has 4 rings (SSSR count). The minimum absolute atomic E-state index is 0.0507. The Hall–Kier alpha value is -2.71. The standard InChI is InChI=1S/C23H31N5O3/c29-22(25-9-4-12-27-15-17-30-18-16-27)19-7-13-28(14-8-19)21-23(26-11-10-24-21)31-20-5-2-1-3-6-20/h1-3,5-6,10-11,19H,4,7-9,12-18H2,(H,25,29). The first-order valence-electron chi connectivity index (χ1n) is 11.2. The number of aromatic nitrogens is 2. The highest BCUT2D eigenvalue weighted by molar-refractivity contribution is 5.79. The van der Waals surface area contributed by atoms with E-state index in [1.165, 1.54) is 0 Å². The molecule has 166 valence electrons. The third-order valence-corrected chi connectivity index (χ3v) is 5.82. The molecule has 1 aromatic heterocycles. The van der Waals surface area contributed by atoms with Gasteiger partial charge in [-0.15, -0.1) is 0 Å². The van der Waals surface area contributed by atoms with E-state index in [1.807, 2.05) is 30.3 Å². The molecule has 2 aromatic rings. The summed E-state index contributed by atoms with van der Waals surface area (Å²) in [5, 5.41) is 3.12. The van der Waals surface area contributed by atoms with Gasteiger partial charge in [0.25, 0.3) is 5.88 Å². The number of para-hydroxylation sites is 1. The molecule has 3 heterocycles. The Kier molecular flexibility index (Phi) is 7.68. The second kappa shape index (κ2) is 11.1. The van der Waals surface area contributed by atoms with Crippen molar-refractivity contribution in [1.82, 2.24) is 20.2 Å². The van der Waals surface area contributed by atoms with Gasteiger partial charge in [0.1, 0.15) is 5.75 Å². The SMILES string of the molecule is O=C(NCCCN1CCOCC1)C1CCN(c2nccnc2Oc2ccccc2)CC1. The lowest BCUT2D eigenvalue weighted by molar-refractivity contribution is -0.125. The van der Waals surface area contributed by atoms with Crippen molar-refractivity contribution in [3.63, 3.8) is 0 Å². The molecule has 0 spiro atoms. The first-order chi connectivity index (χ1) is 15.3.